The van der Waals surface area contributed by atoms with Crippen molar-refractivity contribution in [1.29, 1.82) is 0 Å². The minimum Gasteiger partial charge on any atom is -0.479 e. The monoisotopic (exact) mass is 357 g/mol. The van der Waals surface area contributed by atoms with Gasteiger partial charge >= 0.3 is 5.97 Å². The van der Waals surface area contributed by atoms with Crippen molar-refractivity contribution in [3.05, 3.63) is 35.4 Å². The molecule has 5 nitrogen and oxygen atoms in total. The molecule has 1 aromatic rings. The van der Waals surface area contributed by atoms with E-state index in [0.717, 1.165) is 37.9 Å². The van der Waals surface area contributed by atoms with Gasteiger partial charge in [-0.25, -0.2) is 4.79 Å². The third kappa shape index (κ3) is 3.50. The zero-order valence-corrected chi connectivity index (χ0v) is 15.1. The van der Waals surface area contributed by atoms with Crippen LogP contribution in [0.1, 0.15) is 66.8 Å². The number of nitrogens with zero attached hydrogens (tertiary/aromatic N) is 1. The summed E-state index contributed by atoms with van der Waals surface area (Å²) < 4.78 is 5.69. The van der Waals surface area contributed by atoms with Crippen LogP contribution in [0.3, 0.4) is 0 Å². The summed E-state index contributed by atoms with van der Waals surface area (Å²) in [6.45, 7) is 1.46. The van der Waals surface area contributed by atoms with E-state index in [-0.39, 0.29) is 12.0 Å². The van der Waals surface area contributed by atoms with Gasteiger partial charge in [0.1, 0.15) is 0 Å². The molecule has 26 heavy (non-hydrogen) atoms. The molecule has 3 fully saturated rings. The van der Waals surface area contributed by atoms with Crippen molar-refractivity contribution in [1.82, 2.24) is 4.90 Å². The Hall–Kier alpha value is -1.88. The summed E-state index contributed by atoms with van der Waals surface area (Å²) in [5.74, 6) is 0.310. The Balaban J connectivity index is 1.30. The van der Waals surface area contributed by atoms with Crippen molar-refractivity contribution in [2.45, 2.75) is 63.1 Å². The van der Waals surface area contributed by atoms with Crippen LogP contribution < -0.4 is 0 Å². The Morgan fingerprint density at radius 2 is 1.65 bits per heavy atom. The Morgan fingerprint density at radius 3 is 2.19 bits per heavy atom. The van der Waals surface area contributed by atoms with Gasteiger partial charge < -0.3 is 14.7 Å². The lowest BCUT2D eigenvalue weighted by molar-refractivity contribution is -0.150. The van der Waals surface area contributed by atoms with Crippen LogP contribution in [0.25, 0.3) is 0 Å². The van der Waals surface area contributed by atoms with Crippen LogP contribution >= 0.6 is 0 Å². The lowest BCUT2D eigenvalue weighted by atomic mass is 9.80. The van der Waals surface area contributed by atoms with E-state index in [1.807, 2.05) is 17.0 Å². The molecule has 1 N–H and O–H groups in total. The maximum absolute atomic E-state index is 12.8. The summed E-state index contributed by atoms with van der Waals surface area (Å²) in [5, 5.41) is 9.07. The van der Waals surface area contributed by atoms with Crippen molar-refractivity contribution < 1.29 is 19.4 Å². The normalized spacial score (nSPS) is 27.3. The molecule has 2 saturated heterocycles. The van der Waals surface area contributed by atoms with Gasteiger partial charge in [-0.15, -0.1) is 0 Å². The fourth-order valence-electron chi connectivity index (χ4n) is 4.49. The number of piperidine rings is 1. The van der Waals surface area contributed by atoms with Gasteiger partial charge in [0.25, 0.3) is 5.91 Å². The SMILES string of the molecule is O=C(O)[C@H]1CC[C@@H](C2CCN(C(=O)c3ccc(C4CCC4)cc3)CC2)O1. The molecule has 1 aliphatic carbocycles. The van der Waals surface area contributed by atoms with E-state index in [0.29, 0.717) is 18.3 Å². The number of carbonyl (C=O) groups is 2. The summed E-state index contributed by atoms with van der Waals surface area (Å²) >= 11 is 0. The number of carboxylic acid groups (broad SMARTS) is 1. The average molecular weight is 357 g/mol. The number of carboxylic acids is 1. The summed E-state index contributed by atoms with van der Waals surface area (Å²) in [6.07, 6.45) is 6.46. The van der Waals surface area contributed by atoms with E-state index in [1.165, 1.54) is 24.8 Å². The largest absolute Gasteiger partial charge is 0.479 e. The van der Waals surface area contributed by atoms with Crippen LogP contribution in [0.2, 0.25) is 0 Å². The van der Waals surface area contributed by atoms with Crippen LogP contribution in [-0.4, -0.2) is 47.2 Å². The molecular formula is C21H27NO4. The van der Waals surface area contributed by atoms with E-state index in [2.05, 4.69) is 12.1 Å². The minimum atomic E-state index is -0.856. The highest BCUT2D eigenvalue weighted by Crippen LogP contribution is 2.36. The first-order valence-corrected chi connectivity index (χ1v) is 9.89. The molecule has 5 heteroatoms. The van der Waals surface area contributed by atoms with E-state index in [1.54, 1.807) is 0 Å². The second-order valence-electron chi connectivity index (χ2n) is 7.96. The summed E-state index contributed by atoms with van der Waals surface area (Å²) in [6, 6.07) is 8.17. The van der Waals surface area contributed by atoms with Gasteiger partial charge in [0.05, 0.1) is 6.10 Å². The average Bonchev–Trinajstić information content (AvgIpc) is 3.11. The number of rotatable bonds is 4. The van der Waals surface area contributed by atoms with E-state index in [9.17, 15) is 9.59 Å². The van der Waals surface area contributed by atoms with Gasteiger partial charge in [-0.05, 0) is 68.1 Å². The minimum absolute atomic E-state index is 0.0371. The molecule has 2 aliphatic heterocycles. The second kappa shape index (κ2) is 7.39. The number of likely N-dealkylation sites (tertiary alicyclic amines) is 1. The third-order valence-corrected chi connectivity index (χ3v) is 6.41. The molecule has 0 radical (unpaired) electrons. The molecule has 1 aromatic carbocycles. The summed E-state index contributed by atoms with van der Waals surface area (Å²) in [5.41, 5.74) is 2.13. The Labute approximate surface area is 154 Å². The molecule has 0 spiro atoms. The lowest BCUT2D eigenvalue weighted by Gasteiger charge is -2.34. The number of hydrogen-bond acceptors (Lipinski definition) is 3. The van der Waals surface area contributed by atoms with Gasteiger partial charge in [0, 0.05) is 18.7 Å². The van der Waals surface area contributed by atoms with Gasteiger partial charge in [0.2, 0.25) is 0 Å². The fraction of sp³-hybridized carbons (Fsp3) is 0.619. The molecule has 0 unspecified atom stereocenters. The smallest absolute Gasteiger partial charge is 0.332 e. The maximum Gasteiger partial charge on any atom is 0.332 e. The third-order valence-electron chi connectivity index (χ3n) is 6.41. The molecular weight excluding hydrogens is 330 g/mol. The first-order valence-electron chi connectivity index (χ1n) is 9.89. The van der Waals surface area contributed by atoms with Crippen molar-refractivity contribution in [3.63, 3.8) is 0 Å². The van der Waals surface area contributed by atoms with Crippen LogP contribution in [0.4, 0.5) is 0 Å². The van der Waals surface area contributed by atoms with E-state index < -0.39 is 12.1 Å². The molecule has 0 aromatic heterocycles. The predicted molar refractivity (Wildman–Crippen MR) is 97.2 cm³/mol. The zero-order chi connectivity index (χ0) is 18.1. The number of ether oxygens (including phenoxy) is 1. The predicted octanol–water partition coefficient (Wildman–Crippen LogP) is 3.44. The second-order valence-corrected chi connectivity index (χ2v) is 7.96. The highest BCUT2D eigenvalue weighted by molar-refractivity contribution is 5.94. The molecule has 3 aliphatic rings. The van der Waals surface area contributed by atoms with E-state index >= 15 is 0 Å². The molecule has 1 saturated carbocycles. The summed E-state index contributed by atoms with van der Waals surface area (Å²) in [7, 11) is 0. The molecule has 0 bridgehead atoms. The van der Waals surface area contributed by atoms with Crippen molar-refractivity contribution >= 4 is 11.9 Å². The Morgan fingerprint density at radius 1 is 0.962 bits per heavy atom. The number of amides is 1. The lowest BCUT2D eigenvalue weighted by Crippen LogP contribution is -2.41. The standard InChI is InChI=1S/C21H27NO4/c23-20(17-6-4-15(5-7-17)14-2-1-3-14)22-12-10-16(11-13-22)18-8-9-19(26-18)21(24)25/h4-7,14,16,18-19H,1-3,8-13H2,(H,24,25)/t18-,19+/m0/s1. The van der Waals surface area contributed by atoms with Crippen LogP contribution in [-0.2, 0) is 9.53 Å². The number of aliphatic carboxylic acids is 1. The first kappa shape index (κ1) is 17.5. The quantitative estimate of drug-likeness (QED) is 0.896. The van der Waals surface area contributed by atoms with Gasteiger partial charge in [-0.3, -0.25) is 4.79 Å². The first-order chi connectivity index (χ1) is 12.6. The number of hydrogen-bond donors (Lipinski definition) is 1. The van der Waals surface area contributed by atoms with Crippen LogP contribution in [0.15, 0.2) is 24.3 Å². The highest BCUT2D eigenvalue weighted by atomic mass is 16.5. The molecule has 140 valence electrons. The highest BCUT2D eigenvalue weighted by Gasteiger charge is 2.37. The van der Waals surface area contributed by atoms with Crippen molar-refractivity contribution in [3.8, 4) is 0 Å². The van der Waals surface area contributed by atoms with E-state index in [4.69, 9.17) is 9.84 Å². The number of benzene rings is 1. The Bertz CT molecular complexity index is 659. The van der Waals surface area contributed by atoms with Crippen molar-refractivity contribution in [2.75, 3.05) is 13.1 Å². The number of carbonyl (C=O) groups excluding carboxylic acids is 1. The maximum atomic E-state index is 12.8. The van der Waals surface area contributed by atoms with Gasteiger partial charge in [0.15, 0.2) is 6.10 Å². The fourth-order valence-corrected chi connectivity index (χ4v) is 4.49. The molecule has 1 amide bonds. The summed E-state index contributed by atoms with van der Waals surface area (Å²) in [4.78, 5) is 25.7. The molecule has 4 rings (SSSR count). The Kier molecular flexibility index (Phi) is 4.98. The van der Waals surface area contributed by atoms with Gasteiger partial charge in [-0.1, -0.05) is 18.6 Å². The zero-order valence-electron chi connectivity index (χ0n) is 15.1. The topological polar surface area (TPSA) is 66.8 Å². The molecule has 2 atom stereocenters. The molecule has 2 heterocycles. The van der Waals surface area contributed by atoms with Crippen LogP contribution in [0.5, 0.6) is 0 Å². The van der Waals surface area contributed by atoms with Crippen LogP contribution in [0, 0.1) is 5.92 Å². The van der Waals surface area contributed by atoms with Gasteiger partial charge in [-0.2, -0.15) is 0 Å². The van der Waals surface area contributed by atoms with Crippen molar-refractivity contribution in [2.24, 2.45) is 5.92 Å².